The van der Waals surface area contributed by atoms with Gasteiger partial charge in [-0.25, -0.2) is 9.97 Å². The molecule has 0 saturated carbocycles. The molecule has 0 bridgehead atoms. The van der Waals surface area contributed by atoms with Gasteiger partial charge in [-0.2, -0.15) is 13.2 Å². The Morgan fingerprint density at radius 2 is 1.96 bits per heavy atom. The molecule has 0 saturated heterocycles. The number of amides is 1. The number of hydrogen-bond donors (Lipinski definition) is 2. The van der Waals surface area contributed by atoms with E-state index in [1.807, 2.05) is 19.0 Å². The summed E-state index contributed by atoms with van der Waals surface area (Å²) in [6.45, 7) is 1.40. The third-order valence-corrected chi connectivity index (χ3v) is 3.21. The first-order valence-electron chi connectivity index (χ1n) is 7.45. The summed E-state index contributed by atoms with van der Waals surface area (Å²) in [6.07, 6.45) is -3.25. The van der Waals surface area contributed by atoms with Crippen LogP contribution in [0.2, 0.25) is 0 Å². The van der Waals surface area contributed by atoms with Crippen LogP contribution in [-0.4, -0.2) is 48.0 Å². The van der Waals surface area contributed by atoms with E-state index in [2.05, 4.69) is 20.6 Å². The monoisotopic (exact) mass is 353 g/mol. The fraction of sp³-hybridized carbons (Fsp3) is 0.312. The molecule has 0 spiro atoms. The number of anilines is 2. The number of halogens is 3. The van der Waals surface area contributed by atoms with Crippen molar-refractivity contribution in [1.82, 2.24) is 14.9 Å². The molecular formula is C16H18F3N5O. The summed E-state index contributed by atoms with van der Waals surface area (Å²) in [5, 5.41) is 5.45. The molecule has 2 rings (SSSR count). The van der Waals surface area contributed by atoms with Gasteiger partial charge in [0.1, 0.15) is 17.8 Å². The van der Waals surface area contributed by atoms with Gasteiger partial charge >= 0.3 is 6.18 Å². The predicted molar refractivity (Wildman–Crippen MR) is 88.5 cm³/mol. The van der Waals surface area contributed by atoms with E-state index in [9.17, 15) is 18.0 Å². The van der Waals surface area contributed by atoms with Gasteiger partial charge in [-0.15, -0.1) is 0 Å². The first-order chi connectivity index (χ1) is 11.8. The standard InChI is InChI=1S/C16H18F3N5O/c1-24(2)7-6-20-14-9-13(21-10-22-14)15(25)23-12-5-3-4-11(8-12)16(17,18)19/h3-5,8-10H,6-7H2,1-2H3,(H,23,25)(H,20,21,22). The second-order valence-corrected chi connectivity index (χ2v) is 5.55. The van der Waals surface area contributed by atoms with E-state index in [1.54, 1.807) is 0 Å². The SMILES string of the molecule is CN(C)CCNc1cc(C(=O)Nc2cccc(C(F)(F)F)c2)ncn1. The molecule has 1 amide bonds. The summed E-state index contributed by atoms with van der Waals surface area (Å²) < 4.78 is 38.1. The zero-order valence-electron chi connectivity index (χ0n) is 13.8. The van der Waals surface area contributed by atoms with Crippen molar-refractivity contribution in [2.24, 2.45) is 0 Å². The third-order valence-electron chi connectivity index (χ3n) is 3.21. The minimum absolute atomic E-state index is 0.0422. The number of nitrogens with zero attached hydrogens (tertiary/aromatic N) is 3. The van der Waals surface area contributed by atoms with Crippen molar-refractivity contribution >= 4 is 17.4 Å². The number of carbonyl (C=O) groups excluding carboxylic acids is 1. The highest BCUT2D eigenvalue weighted by atomic mass is 19.4. The first kappa shape index (κ1) is 18.7. The van der Waals surface area contributed by atoms with Gasteiger partial charge in [0, 0.05) is 24.8 Å². The van der Waals surface area contributed by atoms with E-state index in [-0.39, 0.29) is 11.4 Å². The Morgan fingerprint density at radius 1 is 1.20 bits per heavy atom. The van der Waals surface area contributed by atoms with Crippen molar-refractivity contribution in [3.05, 3.63) is 47.9 Å². The van der Waals surface area contributed by atoms with E-state index in [1.165, 1.54) is 24.5 Å². The van der Waals surface area contributed by atoms with Crippen LogP contribution in [0.25, 0.3) is 0 Å². The van der Waals surface area contributed by atoms with Crippen molar-refractivity contribution in [2.75, 3.05) is 37.8 Å². The van der Waals surface area contributed by atoms with Gasteiger partial charge in [0.15, 0.2) is 0 Å². The summed E-state index contributed by atoms with van der Waals surface area (Å²) in [5.74, 6) is -0.150. The number of hydrogen-bond acceptors (Lipinski definition) is 5. The van der Waals surface area contributed by atoms with Crippen LogP contribution in [0.4, 0.5) is 24.7 Å². The van der Waals surface area contributed by atoms with E-state index in [0.717, 1.165) is 18.7 Å². The Labute approximate surface area is 143 Å². The fourth-order valence-electron chi connectivity index (χ4n) is 1.95. The second-order valence-electron chi connectivity index (χ2n) is 5.55. The molecule has 1 heterocycles. The molecule has 134 valence electrons. The lowest BCUT2D eigenvalue weighted by Crippen LogP contribution is -2.21. The van der Waals surface area contributed by atoms with Gasteiger partial charge in [-0.3, -0.25) is 4.79 Å². The maximum absolute atomic E-state index is 12.7. The quantitative estimate of drug-likeness (QED) is 0.836. The minimum atomic E-state index is -4.47. The van der Waals surface area contributed by atoms with Crippen LogP contribution >= 0.6 is 0 Å². The molecule has 9 heteroatoms. The van der Waals surface area contributed by atoms with Crippen LogP contribution in [-0.2, 0) is 6.18 Å². The van der Waals surface area contributed by atoms with Crippen LogP contribution in [0.5, 0.6) is 0 Å². The number of benzene rings is 1. The molecule has 0 aliphatic carbocycles. The van der Waals surface area contributed by atoms with E-state index in [0.29, 0.717) is 12.4 Å². The zero-order valence-corrected chi connectivity index (χ0v) is 13.8. The Morgan fingerprint density at radius 3 is 2.64 bits per heavy atom. The predicted octanol–water partition coefficient (Wildman–Crippen LogP) is 2.72. The maximum atomic E-state index is 12.7. The largest absolute Gasteiger partial charge is 0.416 e. The number of carbonyl (C=O) groups is 1. The molecule has 1 aromatic carbocycles. The summed E-state index contributed by atoms with van der Waals surface area (Å²) in [7, 11) is 3.85. The Bertz CT molecular complexity index is 734. The molecule has 0 atom stereocenters. The van der Waals surface area contributed by atoms with Gasteiger partial charge in [0.05, 0.1) is 5.56 Å². The number of alkyl halides is 3. The lowest BCUT2D eigenvalue weighted by molar-refractivity contribution is -0.137. The van der Waals surface area contributed by atoms with Crippen molar-refractivity contribution < 1.29 is 18.0 Å². The number of aromatic nitrogens is 2. The molecule has 2 N–H and O–H groups in total. The fourth-order valence-corrected chi connectivity index (χ4v) is 1.95. The summed E-state index contributed by atoms with van der Waals surface area (Å²) in [5.41, 5.74) is -0.737. The molecule has 1 aromatic heterocycles. The molecule has 0 fully saturated rings. The topological polar surface area (TPSA) is 70.2 Å². The minimum Gasteiger partial charge on any atom is -0.369 e. The van der Waals surface area contributed by atoms with E-state index < -0.39 is 17.6 Å². The van der Waals surface area contributed by atoms with Gasteiger partial charge in [-0.05, 0) is 32.3 Å². The number of rotatable bonds is 6. The Hall–Kier alpha value is -2.68. The van der Waals surface area contributed by atoms with E-state index >= 15 is 0 Å². The molecule has 0 radical (unpaired) electrons. The summed E-state index contributed by atoms with van der Waals surface area (Å²) in [4.78, 5) is 22.0. The normalized spacial score (nSPS) is 11.4. The molecule has 0 aliphatic heterocycles. The van der Waals surface area contributed by atoms with Crippen molar-refractivity contribution in [1.29, 1.82) is 0 Å². The van der Waals surface area contributed by atoms with Gasteiger partial charge in [0.25, 0.3) is 5.91 Å². The maximum Gasteiger partial charge on any atom is 0.416 e. The van der Waals surface area contributed by atoms with Crippen LogP contribution in [0.3, 0.4) is 0 Å². The van der Waals surface area contributed by atoms with Crippen molar-refractivity contribution in [3.63, 3.8) is 0 Å². The van der Waals surface area contributed by atoms with Gasteiger partial charge < -0.3 is 15.5 Å². The number of nitrogens with one attached hydrogen (secondary N) is 2. The molecule has 6 nitrogen and oxygen atoms in total. The molecule has 0 unspecified atom stereocenters. The molecular weight excluding hydrogens is 335 g/mol. The molecule has 2 aromatic rings. The average Bonchev–Trinajstić information content (AvgIpc) is 2.54. The van der Waals surface area contributed by atoms with Crippen LogP contribution in [0.15, 0.2) is 36.7 Å². The second kappa shape index (κ2) is 7.93. The third kappa shape index (κ3) is 5.71. The van der Waals surface area contributed by atoms with Gasteiger partial charge in [0.2, 0.25) is 0 Å². The highest BCUT2D eigenvalue weighted by Gasteiger charge is 2.30. The Balaban J connectivity index is 2.06. The lowest BCUT2D eigenvalue weighted by Gasteiger charge is -2.11. The van der Waals surface area contributed by atoms with Crippen LogP contribution in [0, 0.1) is 0 Å². The van der Waals surface area contributed by atoms with Crippen LogP contribution in [0.1, 0.15) is 16.1 Å². The molecule has 0 aliphatic rings. The lowest BCUT2D eigenvalue weighted by atomic mass is 10.2. The smallest absolute Gasteiger partial charge is 0.369 e. The summed E-state index contributed by atoms with van der Waals surface area (Å²) in [6, 6.07) is 5.86. The first-order valence-corrected chi connectivity index (χ1v) is 7.45. The zero-order chi connectivity index (χ0) is 18.4. The summed E-state index contributed by atoms with van der Waals surface area (Å²) >= 11 is 0. The Kier molecular flexibility index (Phi) is 5.92. The highest BCUT2D eigenvalue weighted by molar-refractivity contribution is 6.03. The van der Waals surface area contributed by atoms with Crippen molar-refractivity contribution in [2.45, 2.75) is 6.18 Å². The van der Waals surface area contributed by atoms with Crippen molar-refractivity contribution in [3.8, 4) is 0 Å². The average molecular weight is 353 g/mol. The van der Waals surface area contributed by atoms with Crippen LogP contribution < -0.4 is 10.6 Å². The molecule has 25 heavy (non-hydrogen) atoms. The number of likely N-dealkylation sites (N-methyl/N-ethyl adjacent to an activating group) is 1. The highest BCUT2D eigenvalue weighted by Crippen LogP contribution is 2.30. The van der Waals surface area contributed by atoms with E-state index in [4.69, 9.17) is 0 Å². The van der Waals surface area contributed by atoms with Gasteiger partial charge in [-0.1, -0.05) is 6.07 Å².